The van der Waals surface area contributed by atoms with E-state index < -0.39 is 0 Å². The highest BCUT2D eigenvalue weighted by molar-refractivity contribution is 5.93. The van der Waals surface area contributed by atoms with Crippen LogP contribution in [0.3, 0.4) is 0 Å². The minimum atomic E-state index is -0.336. The van der Waals surface area contributed by atoms with E-state index in [0.29, 0.717) is 0 Å². The topological polar surface area (TPSA) is 58.2 Å². The molecule has 2 amide bonds. The van der Waals surface area contributed by atoms with Gasteiger partial charge in [0.2, 0.25) is 11.8 Å². The molecule has 2 aromatic carbocycles. The highest BCUT2D eigenvalue weighted by Gasteiger charge is 2.18. The average Bonchev–Trinajstić information content (AvgIpc) is 2.61. The molecule has 0 saturated carbocycles. The third kappa shape index (κ3) is 5.18. The Morgan fingerprint density at radius 1 is 0.920 bits per heavy atom. The van der Waals surface area contributed by atoms with E-state index in [-0.39, 0.29) is 24.3 Å². The van der Waals surface area contributed by atoms with Crippen LogP contribution in [-0.2, 0) is 22.4 Å². The molecule has 0 fully saturated rings. The number of para-hydroxylation sites is 1. The van der Waals surface area contributed by atoms with Gasteiger partial charge in [-0.1, -0.05) is 62.4 Å². The van der Waals surface area contributed by atoms with Crippen LogP contribution in [-0.4, -0.2) is 11.8 Å². The SMILES string of the molecule is CCc1cccc(CC)c1NC(=O)CC(NC(C)=O)c1ccccc1. The molecule has 4 nitrogen and oxygen atoms in total. The third-order valence-electron chi connectivity index (χ3n) is 4.23. The van der Waals surface area contributed by atoms with E-state index in [1.807, 2.05) is 48.5 Å². The first-order chi connectivity index (χ1) is 12.0. The Morgan fingerprint density at radius 2 is 1.52 bits per heavy atom. The summed E-state index contributed by atoms with van der Waals surface area (Å²) in [5.74, 6) is -0.247. The molecular weight excluding hydrogens is 312 g/mol. The van der Waals surface area contributed by atoms with Crippen molar-refractivity contribution in [3.8, 4) is 0 Å². The van der Waals surface area contributed by atoms with Gasteiger partial charge in [0, 0.05) is 12.6 Å². The minimum Gasteiger partial charge on any atom is -0.349 e. The molecule has 0 bridgehead atoms. The first kappa shape index (κ1) is 18.7. The van der Waals surface area contributed by atoms with Crippen molar-refractivity contribution in [2.75, 3.05) is 5.32 Å². The summed E-state index contributed by atoms with van der Waals surface area (Å²) in [6, 6.07) is 15.3. The third-order valence-corrected chi connectivity index (χ3v) is 4.23. The predicted octanol–water partition coefficient (Wildman–Crippen LogP) is 4.02. The molecule has 1 atom stereocenters. The molecule has 25 heavy (non-hydrogen) atoms. The molecule has 0 aliphatic heterocycles. The van der Waals surface area contributed by atoms with Crippen molar-refractivity contribution in [1.29, 1.82) is 0 Å². The Morgan fingerprint density at radius 3 is 2.04 bits per heavy atom. The van der Waals surface area contributed by atoms with Gasteiger partial charge in [0.25, 0.3) is 0 Å². The smallest absolute Gasteiger partial charge is 0.226 e. The van der Waals surface area contributed by atoms with Gasteiger partial charge in [0.15, 0.2) is 0 Å². The second-order valence-electron chi connectivity index (χ2n) is 6.07. The van der Waals surface area contributed by atoms with Crippen molar-refractivity contribution in [1.82, 2.24) is 5.32 Å². The Hall–Kier alpha value is -2.62. The van der Waals surface area contributed by atoms with Crippen molar-refractivity contribution in [2.45, 2.75) is 46.1 Å². The fraction of sp³-hybridized carbons (Fsp3) is 0.333. The number of hydrogen-bond donors (Lipinski definition) is 2. The molecule has 0 spiro atoms. The largest absolute Gasteiger partial charge is 0.349 e. The first-order valence-corrected chi connectivity index (χ1v) is 8.77. The summed E-state index contributed by atoms with van der Waals surface area (Å²) in [6.45, 7) is 5.62. The van der Waals surface area contributed by atoms with Crippen LogP contribution in [0, 0.1) is 0 Å². The first-order valence-electron chi connectivity index (χ1n) is 8.77. The monoisotopic (exact) mass is 338 g/mol. The Bertz CT molecular complexity index is 704. The van der Waals surface area contributed by atoms with Gasteiger partial charge in [0.05, 0.1) is 12.5 Å². The lowest BCUT2D eigenvalue weighted by Gasteiger charge is -2.20. The molecule has 2 N–H and O–H groups in total. The van der Waals surface area contributed by atoms with Gasteiger partial charge in [-0.2, -0.15) is 0 Å². The van der Waals surface area contributed by atoms with Crippen LogP contribution in [0.1, 0.15) is 49.9 Å². The number of carbonyl (C=O) groups excluding carboxylic acids is 2. The number of rotatable bonds is 7. The van der Waals surface area contributed by atoms with Crippen molar-refractivity contribution in [3.63, 3.8) is 0 Å². The maximum Gasteiger partial charge on any atom is 0.226 e. The molecule has 0 aliphatic rings. The van der Waals surface area contributed by atoms with E-state index in [1.54, 1.807) is 0 Å². The van der Waals surface area contributed by atoms with Gasteiger partial charge in [-0.3, -0.25) is 9.59 Å². The van der Waals surface area contributed by atoms with Gasteiger partial charge in [-0.05, 0) is 29.5 Å². The molecule has 0 aliphatic carbocycles. The molecule has 0 saturated heterocycles. The van der Waals surface area contributed by atoms with E-state index in [0.717, 1.165) is 35.2 Å². The predicted molar refractivity (Wildman–Crippen MR) is 101 cm³/mol. The zero-order valence-electron chi connectivity index (χ0n) is 15.1. The lowest BCUT2D eigenvalue weighted by atomic mass is 10.0. The normalized spacial score (nSPS) is 11.6. The summed E-state index contributed by atoms with van der Waals surface area (Å²) in [5.41, 5.74) is 4.09. The number of anilines is 1. The zero-order valence-corrected chi connectivity index (χ0v) is 15.1. The summed E-state index contributed by atoms with van der Waals surface area (Å²) in [4.78, 5) is 24.2. The molecule has 2 rings (SSSR count). The number of amides is 2. The molecule has 132 valence electrons. The Kier molecular flexibility index (Phi) is 6.75. The maximum atomic E-state index is 12.7. The number of benzene rings is 2. The van der Waals surface area contributed by atoms with Gasteiger partial charge in [-0.15, -0.1) is 0 Å². The second kappa shape index (κ2) is 9.02. The van der Waals surface area contributed by atoms with Crippen molar-refractivity contribution in [2.24, 2.45) is 0 Å². The maximum absolute atomic E-state index is 12.7. The van der Waals surface area contributed by atoms with E-state index >= 15 is 0 Å². The Balaban J connectivity index is 2.18. The molecule has 1 unspecified atom stereocenters. The van der Waals surface area contributed by atoms with Crippen LogP contribution < -0.4 is 10.6 Å². The zero-order chi connectivity index (χ0) is 18.2. The molecule has 0 aromatic heterocycles. The van der Waals surface area contributed by atoms with Gasteiger partial charge in [0.1, 0.15) is 0 Å². The van der Waals surface area contributed by atoms with Crippen LogP contribution >= 0.6 is 0 Å². The van der Waals surface area contributed by atoms with E-state index in [4.69, 9.17) is 0 Å². The van der Waals surface area contributed by atoms with Gasteiger partial charge in [-0.25, -0.2) is 0 Å². The fourth-order valence-corrected chi connectivity index (χ4v) is 2.96. The number of carbonyl (C=O) groups is 2. The van der Waals surface area contributed by atoms with E-state index in [1.165, 1.54) is 6.92 Å². The van der Waals surface area contributed by atoms with Crippen LogP contribution in [0.4, 0.5) is 5.69 Å². The number of nitrogens with one attached hydrogen (secondary N) is 2. The van der Waals surface area contributed by atoms with Crippen molar-refractivity contribution in [3.05, 3.63) is 65.2 Å². The minimum absolute atomic E-state index is 0.0989. The molecule has 0 radical (unpaired) electrons. The summed E-state index contributed by atoms with van der Waals surface area (Å²) >= 11 is 0. The molecular formula is C21H26N2O2. The van der Waals surface area contributed by atoms with Crippen LogP contribution in [0.2, 0.25) is 0 Å². The summed E-state index contributed by atoms with van der Waals surface area (Å²) in [7, 11) is 0. The molecule has 4 heteroatoms. The molecule has 0 heterocycles. The standard InChI is InChI=1S/C21H26N2O2/c1-4-16-12-9-13-17(5-2)21(16)23-20(25)14-19(22-15(3)24)18-10-7-6-8-11-18/h6-13,19H,4-5,14H2,1-3H3,(H,22,24)(H,23,25). The van der Waals surface area contributed by atoms with Crippen molar-refractivity contribution >= 4 is 17.5 Å². The van der Waals surface area contributed by atoms with Crippen LogP contribution in [0.25, 0.3) is 0 Å². The number of hydrogen-bond acceptors (Lipinski definition) is 2. The van der Waals surface area contributed by atoms with Crippen molar-refractivity contribution < 1.29 is 9.59 Å². The average molecular weight is 338 g/mol. The highest BCUT2D eigenvalue weighted by Crippen LogP contribution is 2.24. The lowest BCUT2D eigenvalue weighted by Crippen LogP contribution is -2.30. The lowest BCUT2D eigenvalue weighted by molar-refractivity contribution is -0.120. The summed E-state index contributed by atoms with van der Waals surface area (Å²) in [5, 5.41) is 5.93. The fourth-order valence-electron chi connectivity index (χ4n) is 2.96. The summed E-state index contributed by atoms with van der Waals surface area (Å²) in [6.07, 6.45) is 1.92. The van der Waals surface area contributed by atoms with Crippen LogP contribution in [0.5, 0.6) is 0 Å². The van der Waals surface area contributed by atoms with E-state index in [2.05, 4.69) is 24.5 Å². The quantitative estimate of drug-likeness (QED) is 0.801. The second-order valence-corrected chi connectivity index (χ2v) is 6.07. The number of aryl methyl sites for hydroxylation is 2. The van der Waals surface area contributed by atoms with E-state index in [9.17, 15) is 9.59 Å². The molecule has 2 aromatic rings. The Labute approximate surface area is 149 Å². The summed E-state index contributed by atoms with van der Waals surface area (Å²) < 4.78 is 0. The highest BCUT2D eigenvalue weighted by atomic mass is 16.2. The van der Waals surface area contributed by atoms with Crippen LogP contribution in [0.15, 0.2) is 48.5 Å². The van der Waals surface area contributed by atoms with Gasteiger partial charge < -0.3 is 10.6 Å². The van der Waals surface area contributed by atoms with Gasteiger partial charge >= 0.3 is 0 Å².